The van der Waals surface area contributed by atoms with Crippen LogP contribution in [0.2, 0.25) is 0 Å². The number of rotatable bonds is 2. The summed E-state index contributed by atoms with van der Waals surface area (Å²) in [4.78, 5) is 0. The highest BCUT2D eigenvalue weighted by Crippen LogP contribution is 1.93. The van der Waals surface area contributed by atoms with Crippen LogP contribution in [0.15, 0.2) is 0 Å². The van der Waals surface area contributed by atoms with Gasteiger partial charge in [0.25, 0.3) is 0 Å². The van der Waals surface area contributed by atoms with E-state index in [1.54, 1.807) is 0 Å². The van der Waals surface area contributed by atoms with Gasteiger partial charge in [-0.25, -0.2) is 4.39 Å². The van der Waals surface area contributed by atoms with Crippen LogP contribution in [0.1, 0.15) is 19.8 Å². The predicted molar refractivity (Wildman–Crippen MR) is 22.0 cm³/mol. The number of alkyl halides is 1. The predicted octanol–water partition coefficient (Wildman–Crippen LogP) is 1.07. The van der Waals surface area contributed by atoms with Crippen LogP contribution in [0.25, 0.3) is 0 Å². The second-order valence-corrected chi connectivity index (χ2v) is 1.22. The molecule has 1 nitrogen and oxygen atoms in total. The SMILES string of the molecule is CCCC(O)F. The van der Waals surface area contributed by atoms with Gasteiger partial charge in [0, 0.05) is 6.42 Å². The highest BCUT2D eigenvalue weighted by molar-refractivity contribution is 4.32. The van der Waals surface area contributed by atoms with E-state index in [9.17, 15) is 4.39 Å². The molecule has 0 aliphatic heterocycles. The summed E-state index contributed by atoms with van der Waals surface area (Å²) >= 11 is 0. The molecule has 1 unspecified atom stereocenters. The van der Waals surface area contributed by atoms with Crippen LogP contribution in [0.3, 0.4) is 0 Å². The van der Waals surface area contributed by atoms with Gasteiger partial charge in [-0.1, -0.05) is 13.3 Å². The first-order chi connectivity index (χ1) is 2.77. The van der Waals surface area contributed by atoms with Crippen molar-refractivity contribution in [3.05, 3.63) is 0 Å². The molecule has 38 valence electrons. The normalized spacial score (nSPS) is 14.5. The van der Waals surface area contributed by atoms with E-state index < -0.39 is 6.36 Å². The third-order valence-electron chi connectivity index (χ3n) is 0.527. The maximum Gasteiger partial charge on any atom is 0.196 e. The fraction of sp³-hybridized carbons (Fsp3) is 1.00. The molecule has 0 saturated carbocycles. The zero-order valence-corrected chi connectivity index (χ0v) is 3.82. The molecule has 0 saturated heterocycles. The Kier molecular flexibility index (Phi) is 3.04. The molecule has 6 heavy (non-hydrogen) atoms. The fourth-order valence-corrected chi connectivity index (χ4v) is 0.238. The minimum absolute atomic E-state index is 0.264. The first-order valence-corrected chi connectivity index (χ1v) is 2.09. The van der Waals surface area contributed by atoms with Crippen LogP contribution >= 0.6 is 0 Å². The third-order valence-corrected chi connectivity index (χ3v) is 0.527. The molecule has 0 aromatic heterocycles. The Hall–Kier alpha value is -0.110. The van der Waals surface area contributed by atoms with Gasteiger partial charge in [-0.2, -0.15) is 0 Å². The van der Waals surface area contributed by atoms with Gasteiger partial charge < -0.3 is 5.11 Å². The summed E-state index contributed by atoms with van der Waals surface area (Å²) < 4.78 is 11.3. The lowest BCUT2D eigenvalue weighted by Gasteiger charge is -1.91. The molecule has 0 radical (unpaired) electrons. The van der Waals surface area contributed by atoms with E-state index in [4.69, 9.17) is 5.11 Å². The minimum Gasteiger partial charge on any atom is -0.364 e. The molecule has 0 aromatic carbocycles. The Morgan fingerprint density at radius 3 is 2.33 bits per heavy atom. The molecule has 0 spiro atoms. The van der Waals surface area contributed by atoms with Crippen LogP contribution < -0.4 is 0 Å². The summed E-state index contributed by atoms with van der Waals surface area (Å²) in [6, 6.07) is 0. The lowest BCUT2D eigenvalue weighted by atomic mass is 10.3. The summed E-state index contributed by atoms with van der Waals surface area (Å²) in [5.41, 5.74) is 0. The van der Waals surface area contributed by atoms with Crippen molar-refractivity contribution in [1.29, 1.82) is 0 Å². The molecule has 0 aliphatic carbocycles. The molecule has 0 heterocycles. The van der Waals surface area contributed by atoms with Crippen LogP contribution in [-0.4, -0.2) is 11.5 Å². The Morgan fingerprint density at radius 2 is 2.33 bits per heavy atom. The molecule has 0 fully saturated rings. The Morgan fingerprint density at radius 1 is 1.83 bits per heavy atom. The van der Waals surface area contributed by atoms with Crippen molar-refractivity contribution in [2.45, 2.75) is 26.1 Å². The molecular formula is C4H9FO. The average Bonchev–Trinajstić information content (AvgIpc) is 1.35. The Balaban J connectivity index is 2.63. The Labute approximate surface area is 36.8 Å². The maximum atomic E-state index is 11.3. The number of hydrogen-bond donors (Lipinski definition) is 1. The van der Waals surface area contributed by atoms with E-state index in [2.05, 4.69) is 0 Å². The first-order valence-electron chi connectivity index (χ1n) is 2.09. The van der Waals surface area contributed by atoms with Gasteiger partial charge in [-0.15, -0.1) is 0 Å². The highest BCUT2D eigenvalue weighted by atomic mass is 19.1. The van der Waals surface area contributed by atoms with Gasteiger partial charge in [0.05, 0.1) is 0 Å². The smallest absolute Gasteiger partial charge is 0.196 e. The van der Waals surface area contributed by atoms with E-state index in [1.807, 2.05) is 6.92 Å². The molecule has 0 amide bonds. The maximum absolute atomic E-state index is 11.3. The fourth-order valence-electron chi connectivity index (χ4n) is 0.238. The number of hydrogen-bond acceptors (Lipinski definition) is 1. The van der Waals surface area contributed by atoms with Crippen LogP contribution in [0, 0.1) is 0 Å². The second kappa shape index (κ2) is 3.09. The molecule has 2 heteroatoms. The van der Waals surface area contributed by atoms with Gasteiger partial charge >= 0.3 is 0 Å². The minimum atomic E-state index is -1.60. The molecule has 0 aliphatic rings. The molecule has 0 rings (SSSR count). The summed E-state index contributed by atoms with van der Waals surface area (Å²) in [6.45, 7) is 1.82. The standard InChI is InChI=1S/C4H9FO/c1-2-3-4(5)6/h4,6H,2-3H2,1H3. The van der Waals surface area contributed by atoms with Crippen molar-refractivity contribution in [2.24, 2.45) is 0 Å². The topological polar surface area (TPSA) is 20.2 Å². The van der Waals surface area contributed by atoms with Gasteiger partial charge in [0.1, 0.15) is 0 Å². The molecule has 0 bridgehead atoms. The molecule has 0 aromatic rings. The van der Waals surface area contributed by atoms with E-state index in [0.29, 0.717) is 6.42 Å². The summed E-state index contributed by atoms with van der Waals surface area (Å²) in [5.74, 6) is 0. The monoisotopic (exact) mass is 92.1 g/mol. The van der Waals surface area contributed by atoms with E-state index in [0.717, 1.165) is 0 Å². The van der Waals surface area contributed by atoms with Gasteiger partial charge in [0.2, 0.25) is 0 Å². The van der Waals surface area contributed by atoms with Crippen molar-refractivity contribution >= 4 is 0 Å². The number of aliphatic hydroxyl groups is 1. The molecular weight excluding hydrogens is 83.0 g/mol. The van der Waals surface area contributed by atoms with Crippen molar-refractivity contribution in [3.8, 4) is 0 Å². The summed E-state index contributed by atoms with van der Waals surface area (Å²) in [7, 11) is 0. The lowest BCUT2D eigenvalue weighted by Crippen LogP contribution is -1.93. The summed E-state index contributed by atoms with van der Waals surface area (Å²) in [5, 5.41) is 7.89. The van der Waals surface area contributed by atoms with Crippen LogP contribution in [-0.2, 0) is 0 Å². The summed E-state index contributed by atoms with van der Waals surface area (Å²) in [6.07, 6.45) is -0.632. The average molecular weight is 92.1 g/mol. The molecule has 1 N–H and O–H groups in total. The van der Waals surface area contributed by atoms with Gasteiger partial charge in [-0.05, 0) is 0 Å². The van der Waals surface area contributed by atoms with Crippen LogP contribution in [0.4, 0.5) is 4.39 Å². The molecule has 1 atom stereocenters. The van der Waals surface area contributed by atoms with Gasteiger partial charge in [0.15, 0.2) is 6.36 Å². The van der Waals surface area contributed by atoms with E-state index in [1.165, 1.54) is 0 Å². The number of aliphatic hydroxyl groups excluding tert-OH is 1. The van der Waals surface area contributed by atoms with Gasteiger partial charge in [-0.3, -0.25) is 0 Å². The van der Waals surface area contributed by atoms with Crippen molar-refractivity contribution < 1.29 is 9.50 Å². The quantitative estimate of drug-likeness (QED) is 0.540. The Bertz CT molecular complexity index is 28.7. The lowest BCUT2D eigenvalue weighted by molar-refractivity contribution is 0.0340. The van der Waals surface area contributed by atoms with Crippen molar-refractivity contribution in [3.63, 3.8) is 0 Å². The highest BCUT2D eigenvalue weighted by Gasteiger charge is 1.92. The zero-order valence-electron chi connectivity index (χ0n) is 3.82. The van der Waals surface area contributed by atoms with E-state index in [-0.39, 0.29) is 6.42 Å². The van der Waals surface area contributed by atoms with E-state index >= 15 is 0 Å². The van der Waals surface area contributed by atoms with Crippen molar-refractivity contribution in [2.75, 3.05) is 0 Å². The zero-order chi connectivity index (χ0) is 4.99. The largest absolute Gasteiger partial charge is 0.364 e. The van der Waals surface area contributed by atoms with Crippen molar-refractivity contribution in [1.82, 2.24) is 0 Å². The second-order valence-electron chi connectivity index (χ2n) is 1.22. The van der Waals surface area contributed by atoms with Crippen LogP contribution in [0.5, 0.6) is 0 Å². The number of halogens is 1. The third kappa shape index (κ3) is 3.89. The first kappa shape index (κ1) is 5.89.